The number of aromatic amines is 5. The predicted molar refractivity (Wildman–Crippen MR) is 431 cm³/mol. The second-order valence-corrected chi connectivity index (χ2v) is 31.3. The van der Waals surface area contributed by atoms with Crippen molar-refractivity contribution in [2.24, 2.45) is 26.6 Å². The molecule has 14 heterocycles. The van der Waals surface area contributed by atoms with Gasteiger partial charge in [0.05, 0.1) is 106 Å². The number of piperidine rings is 1. The molecule has 0 aliphatic carbocycles. The van der Waals surface area contributed by atoms with E-state index in [1.165, 1.54) is 46.8 Å². The Labute approximate surface area is 656 Å². The lowest BCUT2D eigenvalue weighted by Gasteiger charge is -2.54. The maximum absolute atomic E-state index is 13.2. The first-order chi connectivity index (χ1) is 53.3. The van der Waals surface area contributed by atoms with E-state index in [1.807, 2.05) is 119 Å². The van der Waals surface area contributed by atoms with Crippen molar-refractivity contribution in [3.05, 3.63) is 199 Å². The number of hydrogen-bond donors (Lipinski definition) is 6. The highest BCUT2D eigenvalue weighted by Crippen LogP contribution is 2.44. The fraction of sp³-hybridized carbons (Fsp3) is 0.342. The molecule has 6 aliphatic rings. The summed E-state index contributed by atoms with van der Waals surface area (Å²) >= 11 is 24.9. The highest BCUT2D eigenvalue weighted by atomic mass is 35.5. The van der Waals surface area contributed by atoms with Gasteiger partial charge in [-0.05, 0) is 117 Å². The fourth-order valence-corrected chi connectivity index (χ4v) is 17.2. The molecule has 0 radical (unpaired) electrons. The van der Waals surface area contributed by atoms with Crippen LogP contribution in [0.5, 0.6) is 0 Å². The van der Waals surface area contributed by atoms with Crippen molar-refractivity contribution in [1.82, 2.24) is 84.8 Å². The number of amides is 2. The lowest BCUT2D eigenvalue weighted by atomic mass is 9.72. The van der Waals surface area contributed by atoms with Crippen LogP contribution in [0.4, 0.5) is 47.3 Å². The van der Waals surface area contributed by atoms with E-state index in [1.54, 1.807) is 13.1 Å². The number of imidazole rings is 2. The molecule has 14 aromatic rings. The summed E-state index contributed by atoms with van der Waals surface area (Å²) in [7, 11) is 5.98. The van der Waals surface area contributed by atoms with E-state index >= 15 is 0 Å². The highest BCUT2D eigenvalue weighted by Gasteiger charge is 2.46. The quantitative estimate of drug-likeness (QED) is 0.0904. The number of aryl methyl sites for hydroxylation is 3. The Morgan fingerprint density at radius 2 is 0.865 bits per heavy atom. The van der Waals surface area contributed by atoms with Crippen LogP contribution in [-0.2, 0) is 88.8 Å². The van der Waals surface area contributed by atoms with Crippen LogP contribution in [0.15, 0.2) is 116 Å². The van der Waals surface area contributed by atoms with Crippen LogP contribution < -0.4 is 29.8 Å². The summed E-state index contributed by atoms with van der Waals surface area (Å²) in [5.41, 5.74) is 19.5. The smallest absolute Gasteiger partial charge is 0.371 e. The van der Waals surface area contributed by atoms with Crippen LogP contribution in [0, 0.1) is 19.3 Å². The molecule has 0 saturated carbocycles. The molecule has 6 aliphatic heterocycles. The van der Waals surface area contributed by atoms with Crippen molar-refractivity contribution in [2.45, 2.75) is 98.6 Å². The molecule has 8 aromatic heterocycles. The van der Waals surface area contributed by atoms with Gasteiger partial charge < -0.3 is 43.9 Å². The number of carbonyl (C=O) groups excluding carboxylic acids is 2. The maximum atomic E-state index is 13.2. The van der Waals surface area contributed by atoms with E-state index in [-0.39, 0.29) is 11.8 Å². The molecule has 111 heavy (non-hydrogen) atoms. The number of hydrogen-bond acceptors (Lipinski definition) is 15. The average molecular weight is 1580 g/mol. The van der Waals surface area contributed by atoms with Gasteiger partial charge in [0.2, 0.25) is 11.8 Å². The first-order valence-corrected chi connectivity index (χ1v) is 38.3. The number of benzene rings is 6. The van der Waals surface area contributed by atoms with Gasteiger partial charge in [-0.1, -0.05) is 52.5 Å². The van der Waals surface area contributed by atoms with Gasteiger partial charge in [0, 0.05) is 218 Å². The molecule has 2 amide bonds. The van der Waals surface area contributed by atoms with Crippen molar-refractivity contribution in [3.8, 4) is 0 Å². The molecular formula is C79H82Cl4F3N23O2. The third-order valence-electron chi connectivity index (χ3n) is 22.4. The minimum atomic E-state index is -4.39. The second-order valence-electron chi connectivity index (χ2n) is 29.6. The number of likely N-dealkylation sites (tertiary alicyclic amines) is 1. The predicted octanol–water partition coefficient (Wildman–Crippen LogP) is 14.9. The van der Waals surface area contributed by atoms with Crippen molar-refractivity contribution in [1.29, 1.82) is 0 Å². The number of nitrogens with zero attached hydrogens (tertiary/aromatic N) is 17. The normalized spacial score (nSPS) is 15.8. The second kappa shape index (κ2) is 30.1. The summed E-state index contributed by atoms with van der Waals surface area (Å²) in [6.45, 7) is 17.5. The highest BCUT2D eigenvalue weighted by molar-refractivity contribution is 6.33. The van der Waals surface area contributed by atoms with Crippen LogP contribution >= 0.6 is 46.4 Å². The third kappa shape index (κ3) is 15.2. The van der Waals surface area contributed by atoms with Gasteiger partial charge in [-0.25, -0.2) is 9.97 Å². The van der Waals surface area contributed by atoms with E-state index < -0.39 is 11.7 Å². The molecule has 2 saturated heterocycles. The molecular weight excluding hydrogens is 1500 g/mol. The molecule has 32 heteroatoms. The summed E-state index contributed by atoms with van der Waals surface area (Å²) in [6.07, 6.45) is 12.5. The number of fused-ring (bicyclic) bond motifs is 9. The van der Waals surface area contributed by atoms with Crippen LogP contribution in [0.1, 0.15) is 89.1 Å². The largest absolute Gasteiger partial charge is 0.416 e. The zero-order valence-electron chi connectivity index (χ0n) is 62.3. The van der Waals surface area contributed by atoms with Gasteiger partial charge in [-0.15, -0.1) is 0 Å². The van der Waals surface area contributed by atoms with Crippen LogP contribution in [0.25, 0.3) is 54.5 Å². The number of rotatable bonds is 6. The van der Waals surface area contributed by atoms with Crippen LogP contribution in [-0.4, -0.2) is 149 Å². The topological polar surface area (TPSA) is 262 Å². The molecule has 1 spiro atoms. The van der Waals surface area contributed by atoms with E-state index in [4.69, 9.17) is 46.4 Å². The Hall–Kier alpha value is -10.8. The lowest BCUT2D eigenvalue weighted by Crippen LogP contribution is -2.61. The molecule has 2 fully saturated rings. The molecule has 6 N–H and O–H groups in total. The van der Waals surface area contributed by atoms with E-state index in [2.05, 4.69) is 128 Å². The number of aromatic nitrogens is 16. The standard InChI is InChI=1S/C18H17ClN4O.C16H19ClN4O.C16H16F3N5.C15H16ClN5.C14H14ClN5/c1-11(24)21-15-3-2-13-10-23(5-4-12(13)6-15)18-8-14(19)7-17-16(18)9-20-22-17;1-11(22)21-9-16(10-21)2-4-20(5-3-16)15-7-12(17)6-14-13(15)8-18-19-14;1-9-21-12-3-4-24(8-15(12)23(9)2)14-6-10(16(17,18)19)5-13-11(14)7-20-22-13;1-9-18-12-3-4-21(8-15(12)20(9)2)14-6-10(16)5-13-11(14)7-17-19-13;1-19-7-9-8-20(3-2-12(9)18-19)14-5-10(15)4-13-11(14)6-16-17-13/h2-3,6-9H,4-5,10H2,1H3,(H,20,22)(H,21,24);6-8H,2-5,9-10H2,1H3,(H,18,19);5-7H,3-4,8H2,1-2H3,(H,20,22);5-7H,3-4,8H2,1-2H3,(H,17,19);4-7H,2-3,8H2,1H3,(H,16,17). The Bertz CT molecular complexity index is 5850. The van der Waals surface area contributed by atoms with Gasteiger partial charge in [0.1, 0.15) is 11.6 Å². The van der Waals surface area contributed by atoms with Gasteiger partial charge >= 0.3 is 6.18 Å². The minimum Gasteiger partial charge on any atom is -0.371 e. The third-order valence-corrected chi connectivity index (χ3v) is 23.2. The molecule has 6 aromatic carbocycles. The number of H-pyrrole nitrogens is 5. The summed E-state index contributed by atoms with van der Waals surface area (Å²) in [4.78, 5) is 45.1. The Morgan fingerprint density at radius 1 is 0.468 bits per heavy atom. The van der Waals surface area contributed by atoms with Gasteiger partial charge in [-0.3, -0.25) is 39.8 Å². The van der Waals surface area contributed by atoms with E-state index in [0.29, 0.717) is 46.5 Å². The Balaban J connectivity index is 0.000000105. The summed E-state index contributed by atoms with van der Waals surface area (Å²) in [5, 5.41) is 50.4. The monoisotopic (exact) mass is 1580 g/mol. The fourth-order valence-electron chi connectivity index (χ4n) is 16.4. The van der Waals surface area contributed by atoms with Crippen molar-refractivity contribution in [3.63, 3.8) is 0 Å². The molecule has 25 nitrogen and oxygen atoms in total. The number of halogens is 7. The minimum absolute atomic E-state index is 0.0475. The zero-order chi connectivity index (χ0) is 77.3. The number of alkyl halides is 3. The van der Waals surface area contributed by atoms with Crippen molar-refractivity contribution in [2.75, 3.05) is 82.2 Å². The summed E-state index contributed by atoms with van der Waals surface area (Å²) < 4.78 is 45.7. The Kier molecular flexibility index (Phi) is 20.2. The summed E-state index contributed by atoms with van der Waals surface area (Å²) in [6, 6.07) is 24.1. The first kappa shape index (κ1) is 74.3. The number of anilines is 6. The van der Waals surface area contributed by atoms with E-state index in [9.17, 15) is 22.8 Å². The SMILES string of the molecule is CC(=O)N1CC2(CCN(c3cc(Cl)cc4[nH]ncc34)CC2)C1.CC(=O)Nc1ccc2c(c1)CCN(c1cc(Cl)cc3[nH]ncc13)C2.Cc1nc2c(n1C)CN(c1cc(C(F)(F)F)cc3[nH]ncc13)CC2.Cc1nc2c(n1C)CN(c1cc(Cl)cc3[nH]ncc13)CC2.Cn1cc2c(n1)CCN(c1cc(Cl)cc3[nH]ncc13)C2. The van der Waals surface area contributed by atoms with Crippen LogP contribution in [0.3, 0.4) is 0 Å². The molecule has 0 unspecified atom stereocenters. The number of carbonyl (C=O) groups is 2. The molecule has 0 bridgehead atoms. The van der Waals surface area contributed by atoms with Crippen LogP contribution in [0.2, 0.25) is 20.1 Å². The maximum Gasteiger partial charge on any atom is 0.416 e. The molecule has 574 valence electrons. The summed E-state index contributed by atoms with van der Waals surface area (Å²) in [5.74, 6) is 2.14. The van der Waals surface area contributed by atoms with Crippen molar-refractivity contribution < 1.29 is 22.8 Å². The zero-order valence-corrected chi connectivity index (χ0v) is 65.3. The van der Waals surface area contributed by atoms with Gasteiger partial charge in [0.25, 0.3) is 0 Å². The van der Waals surface area contributed by atoms with Gasteiger partial charge in [-0.2, -0.15) is 43.8 Å². The van der Waals surface area contributed by atoms with Crippen molar-refractivity contribution >= 4 is 147 Å². The molecule has 20 rings (SSSR count). The lowest BCUT2D eigenvalue weighted by molar-refractivity contribution is -0.142. The molecule has 0 atom stereocenters. The Morgan fingerprint density at radius 3 is 1.30 bits per heavy atom. The first-order valence-electron chi connectivity index (χ1n) is 36.8. The van der Waals surface area contributed by atoms with E-state index in [0.717, 1.165) is 214 Å². The van der Waals surface area contributed by atoms with Gasteiger partial charge in [0.15, 0.2) is 0 Å². The number of nitrogens with one attached hydrogen (secondary N) is 6. The average Bonchev–Trinajstić information content (AvgIpc) is 1.65.